The predicted molar refractivity (Wildman–Crippen MR) is 150 cm³/mol. The van der Waals surface area contributed by atoms with Crippen molar-refractivity contribution in [1.29, 1.82) is 0 Å². The molecule has 0 bridgehead atoms. The Labute approximate surface area is 209 Å². The van der Waals surface area contributed by atoms with Crippen molar-refractivity contribution in [1.82, 2.24) is 14.1 Å². The third kappa shape index (κ3) is 2.26. The zero-order valence-corrected chi connectivity index (χ0v) is 20.6. The maximum atomic E-state index is 5.15. The van der Waals surface area contributed by atoms with Crippen LogP contribution in [-0.4, -0.2) is 14.1 Å². The zero-order chi connectivity index (χ0) is 24.2. The molecule has 1 aliphatic carbocycles. The van der Waals surface area contributed by atoms with Crippen molar-refractivity contribution >= 4 is 43.6 Å². The fourth-order valence-corrected chi connectivity index (χ4v) is 6.76. The van der Waals surface area contributed by atoms with Crippen molar-refractivity contribution in [3.63, 3.8) is 0 Å². The summed E-state index contributed by atoms with van der Waals surface area (Å²) in [6.07, 6.45) is 0. The second-order valence-electron chi connectivity index (χ2n) is 10.5. The second kappa shape index (κ2) is 6.64. The van der Waals surface area contributed by atoms with Crippen molar-refractivity contribution in [3.8, 4) is 17.1 Å². The van der Waals surface area contributed by atoms with Gasteiger partial charge in [-0.25, -0.2) is 4.98 Å². The highest BCUT2D eigenvalue weighted by atomic mass is 15.2. The Morgan fingerprint density at radius 3 is 2.11 bits per heavy atom. The zero-order valence-electron chi connectivity index (χ0n) is 20.6. The van der Waals surface area contributed by atoms with Gasteiger partial charge in [0.05, 0.1) is 22.1 Å². The summed E-state index contributed by atoms with van der Waals surface area (Å²) in [4.78, 5) is 5.15. The molecule has 172 valence electrons. The summed E-state index contributed by atoms with van der Waals surface area (Å²) in [6.45, 7) is 4.75. The van der Waals surface area contributed by atoms with E-state index in [1.165, 1.54) is 54.8 Å². The van der Waals surface area contributed by atoms with Crippen LogP contribution in [0.15, 0.2) is 97.1 Å². The summed E-state index contributed by atoms with van der Waals surface area (Å²) in [7, 11) is 2.12. The first-order valence-corrected chi connectivity index (χ1v) is 12.6. The van der Waals surface area contributed by atoms with Crippen molar-refractivity contribution in [2.24, 2.45) is 7.05 Å². The van der Waals surface area contributed by atoms with Gasteiger partial charge in [0.25, 0.3) is 0 Å². The Bertz CT molecular complexity index is 2030. The number of nitrogens with zero attached hydrogens (tertiary/aromatic N) is 3. The van der Waals surface area contributed by atoms with Gasteiger partial charge in [0.1, 0.15) is 0 Å². The first-order valence-electron chi connectivity index (χ1n) is 12.6. The van der Waals surface area contributed by atoms with Gasteiger partial charge >= 0.3 is 0 Å². The van der Waals surface area contributed by atoms with E-state index < -0.39 is 0 Å². The van der Waals surface area contributed by atoms with Crippen LogP contribution in [0.25, 0.3) is 60.7 Å². The highest BCUT2D eigenvalue weighted by Gasteiger charge is 2.39. The van der Waals surface area contributed by atoms with Crippen molar-refractivity contribution in [2.75, 3.05) is 0 Å². The standard InChI is InChI=1S/C33H25N3/c1-33(2)24-16-8-6-14-22(24)28-29-23-15-7-10-18-26(23)36(31(29)21-13-5-4-12-20(21)30(28)33)32-34-25-17-9-11-19-27(25)35(32)3/h4-19H,1-3H3. The molecule has 8 rings (SSSR count). The number of aromatic nitrogens is 3. The summed E-state index contributed by atoms with van der Waals surface area (Å²) in [5.74, 6) is 0.943. The molecule has 0 radical (unpaired) electrons. The minimum absolute atomic E-state index is 0.0825. The Kier molecular flexibility index (Phi) is 3.67. The molecular weight excluding hydrogens is 438 g/mol. The maximum Gasteiger partial charge on any atom is 0.215 e. The fourth-order valence-electron chi connectivity index (χ4n) is 6.76. The molecule has 0 spiro atoms. The third-order valence-electron chi connectivity index (χ3n) is 8.28. The molecule has 0 saturated carbocycles. The average molecular weight is 464 g/mol. The van der Waals surface area contributed by atoms with Crippen LogP contribution in [0.4, 0.5) is 0 Å². The molecule has 0 unspecified atom stereocenters. The average Bonchev–Trinajstić information content (AvgIpc) is 3.50. The summed E-state index contributed by atoms with van der Waals surface area (Å²) >= 11 is 0. The van der Waals surface area contributed by atoms with Crippen LogP contribution in [0.2, 0.25) is 0 Å². The van der Waals surface area contributed by atoms with E-state index in [1.54, 1.807) is 0 Å². The topological polar surface area (TPSA) is 22.8 Å². The lowest BCUT2D eigenvalue weighted by Gasteiger charge is -2.23. The van der Waals surface area contributed by atoms with Crippen LogP contribution < -0.4 is 0 Å². The van der Waals surface area contributed by atoms with Gasteiger partial charge in [-0.3, -0.25) is 4.57 Å². The van der Waals surface area contributed by atoms with E-state index >= 15 is 0 Å². The van der Waals surface area contributed by atoms with Gasteiger partial charge in [0, 0.05) is 28.6 Å². The number of hydrogen-bond acceptors (Lipinski definition) is 1. The van der Waals surface area contributed by atoms with E-state index in [-0.39, 0.29) is 5.41 Å². The Morgan fingerprint density at radius 2 is 1.31 bits per heavy atom. The summed E-state index contributed by atoms with van der Waals surface area (Å²) in [6, 6.07) is 35.1. The second-order valence-corrected chi connectivity index (χ2v) is 10.5. The van der Waals surface area contributed by atoms with Gasteiger partial charge in [-0.15, -0.1) is 0 Å². The molecule has 36 heavy (non-hydrogen) atoms. The third-order valence-corrected chi connectivity index (χ3v) is 8.28. The van der Waals surface area contributed by atoms with Crippen LogP contribution in [0.5, 0.6) is 0 Å². The van der Waals surface area contributed by atoms with E-state index in [9.17, 15) is 0 Å². The summed E-state index contributed by atoms with van der Waals surface area (Å²) < 4.78 is 4.61. The lowest BCUT2D eigenvalue weighted by atomic mass is 9.79. The van der Waals surface area contributed by atoms with Gasteiger partial charge < -0.3 is 4.57 Å². The highest BCUT2D eigenvalue weighted by Crippen LogP contribution is 2.56. The van der Waals surface area contributed by atoms with Gasteiger partial charge in [-0.2, -0.15) is 0 Å². The number of fused-ring (bicyclic) bond motifs is 11. The summed E-state index contributed by atoms with van der Waals surface area (Å²) in [5, 5.41) is 5.19. The Balaban J connectivity index is 1.69. The minimum atomic E-state index is -0.0825. The Hall–Kier alpha value is -4.37. The molecule has 0 fully saturated rings. The van der Waals surface area contributed by atoms with Crippen LogP contribution in [0.1, 0.15) is 25.0 Å². The Morgan fingerprint density at radius 1 is 0.667 bits per heavy atom. The smallest absolute Gasteiger partial charge is 0.215 e. The maximum absolute atomic E-state index is 5.15. The van der Waals surface area contributed by atoms with E-state index in [1.807, 2.05) is 0 Å². The highest BCUT2D eigenvalue weighted by molar-refractivity contribution is 6.26. The molecule has 0 atom stereocenters. The largest absolute Gasteiger partial charge is 0.313 e. The monoisotopic (exact) mass is 463 g/mol. The number of imidazole rings is 1. The molecule has 0 amide bonds. The number of rotatable bonds is 1. The van der Waals surface area contributed by atoms with Gasteiger partial charge in [-0.05, 0) is 45.8 Å². The predicted octanol–water partition coefficient (Wildman–Crippen LogP) is 8.13. The van der Waals surface area contributed by atoms with E-state index in [0.717, 1.165) is 17.0 Å². The van der Waals surface area contributed by atoms with Gasteiger partial charge in [0.15, 0.2) is 0 Å². The van der Waals surface area contributed by atoms with Crippen LogP contribution in [0.3, 0.4) is 0 Å². The normalized spacial score (nSPS) is 14.2. The van der Waals surface area contributed by atoms with Gasteiger partial charge in [0.2, 0.25) is 5.95 Å². The molecule has 3 nitrogen and oxygen atoms in total. The molecule has 3 heteroatoms. The molecule has 2 heterocycles. The molecular formula is C33H25N3. The van der Waals surface area contributed by atoms with Crippen LogP contribution in [-0.2, 0) is 12.5 Å². The number of aryl methyl sites for hydroxylation is 1. The van der Waals surface area contributed by atoms with Crippen molar-refractivity contribution < 1.29 is 0 Å². The number of para-hydroxylation sites is 3. The molecule has 0 aliphatic heterocycles. The lowest BCUT2D eigenvalue weighted by molar-refractivity contribution is 0.666. The van der Waals surface area contributed by atoms with Gasteiger partial charge in [-0.1, -0.05) is 92.7 Å². The first kappa shape index (κ1) is 19.9. The minimum Gasteiger partial charge on any atom is -0.313 e. The van der Waals surface area contributed by atoms with E-state index in [4.69, 9.17) is 4.98 Å². The molecule has 1 aliphatic rings. The molecule has 0 N–H and O–H groups in total. The molecule has 7 aromatic rings. The van der Waals surface area contributed by atoms with E-state index in [2.05, 4.69) is 127 Å². The van der Waals surface area contributed by atoms with Crippen molar-refractivity contribution in [3.05, 3.63) is 108 Å². The SMILES string of the molecule is Cn1c(-n2c3ccccc3c3c4c(c5ccccc5c32)C(C)(C)c2ccccc2-4)nc2ccccc21. The van der Waals surface area contributed by atoms with E-state index in [0.29, 0.717) is 0 Å². The van der Waals surface area contributed by atoms with Crippen LogP contribution in [0, 0.1) is 0 Å². The molecule has 5 aromatic carbocycles. The van der Waals surface area contributed by atoms with Crippen molar-refractivity contribution in [2.45, 2.75) is 19.3 Å². The fraction of sp³-hybridized carbons (Fsp3) is 0.121. The molecule has 0 saturated heterocycles. The van der Waals surface area contributed by atoms with Crippen LogP contribution >= 0.6 is 0 Å². The summed E-state index contributed by atoms with van der Waals surface area (Å²) in [5.41, 5.74) is 10.0. The first-order chi connectivity index (χ1) is 17.6. The lowest BCUT2D eigenvalue weighted by Crippen LogP contribution is -2.15. The number of benzene rings is 5. The number of hydrogen-bond donors (Lipinski definition) is 0. The molecule has 2 aromatic heterocycles. The quantitative estimate of drug-likeness (QED) is 0.241.